The van der Waals surface area contributed by atoms with E-state index in [0.717, 1.165) is 21.8 Å². The molecule has 0 aliphatic heterocycles. The Morgan fingerprint density at radius 1 is 1.17 bits per heavy atom. The van der Waals surface area contributed by atoms with E-state index in [9.17, 15) is 22.8 Å². The fraction of sp³-hybridized carbons (Fsp3) is 0.294. The zero-order valence-electron chi connectivity index (χ0n) is 13.3. The molecule has 1 aromatic heterocycles. The molecule has 0 radical (unpaired) electrons. The largest absolute Gasteiger partial charge is 0.421 e. The molecule has 0 spiro atoms. The molecule has 128 valence electrons. The van der Waals surface area contributed by atoms with Crippen LogP contribution < -0.4 is 5.56 Å². The van der Waals surface area contributed by atoms with Crippen molar-refractivity contribution in [2.45, 2.75) is 26.2 Å². The van der Waals surface area contributed by atoms with Crippen molar-refractivity contribution in [3.8, 4) is 0 Å². The molecular formula is C17H17F3N2O2. The highest BCUT2D eigenvalue weighted by Gasteiger charge is 2.34. The van der Waals surface area contributed by atoms with E-state index in [1.807, 2.05) is 31.2 Å². The van der Waals surface area contributed by atoms with Gasteiger partial charge in [0.05, 0.1) is 0 Å². The molecule has 0 unspecified atom stereocenters. The number of aromatic nitrogens is 1. The number of hydrogen-bond donors (Lipinski definition) is 0. The lowest BCUT2D eigenvalue weighted by atomic mass is 10.1. The van der Waals surface area contributed by atoms with Gasteiger partial charge in [-0.05, 0) is 30.2 Å². The van der Waals surface area contributed by atoms with Crippen LogP contribution in [0.3, 0.4) is 0 Å². The predicted molar refractivity (Wildman–Crippen MR) is 83.4 cm³/mol. The standard InChI is InChI=1S/C17H17F3N2O2/c1-12-6-3-4-7-13(12)10-21(2)15(23)11-22-9-5-8-14(16(22)24)17(18,19)20/h3-9H,10-11H2,1-2H3. The first-order valence-electron chi connectivity index (χ1n) is 7.25. The van der Waals surface area contributed by atoms with Crippen molar-refractivity contribution in [3.63, 3.8) is 0 Å². The molecule has 2 rings (SSSR count). The van der Waals surface area contributed by atoms with Crippen LogP contribution in [0.1, 0.15) is 16.7 Å². The second-order valence-corrected chi connectivity index (χ2v) is 5.53. The van der Waals surface area contributed by atoms with Crippen molar-refractivity contribution in [1.29, 1.82) is 0 Å². The van der Waals surface area contributed by atoms with Gasteiger partial charge >= 0.3 is 6.18 Å². The van der Waals surface area contributed by atoms with Gasteiger partial charge in [0.1, 0.15) is 12.1 Å². The van der Waals surface area contributed by atoms with Crippen molar-refractivity contribution in [3.05, 3.63) is 69.6 Å². The summed E-state index contributed by atoms with van der Waals surface area (Å²) in [5, 5.41) is 0. The highest BCUT2D eigenvalue weighted by atomic mass is 19.4. The number of likely N-dealkylation sites (N-methyl/N-ethyl adjacent to an activating group) is 1. The Balaban J connectivity index is 2.15. The summed E-state index contributed by atoms with van der Waals surface area (Å²) in [4.78, 5) is 25.5. The molecule has 0 saturated heterocycles. The van der Waals surface area contributed by atoms with E-state index >= 15 is 0 Å². The average Bonchev–Trinajstić information content (AvgIpc) is 2.50. The van der Waals surface area contributed by atoms with Gasteiger partial charge in [-0.3, -0.25) is 9.59 Å². The topological polar surface area (TPSA) is 42.3 Å². The molecule has 1 amide bonds. The van der Waals surface area contributed by atoms with Crippen molar-refractivity contribution < 1.29 is 18.0 Å². The first kappa shape index (κ1) is 17.8. The quantitative estimate of drug-likeness (QED) is 0.860. The Labute approximate surface area is 137 Å². The van der Waals surface area contributed by atoms with Gasteiger partial charge in [0.15, 0.2) is 0 Å². The second-order valence-electron chi connectivity index (χ2n) is 5.53. The highest BCUT2D eigenvalue weighted by Crippen LogP contribution is 2.25. The Hall–Kier alpha value is -2.57. The minimum Gasteiger partial charge on any atom is -0.340 e. The van der Waals surface area contributed by atoms with Gasteiger partial charge < -0.3 is 9.47 Å². The normalized spacial score (nSPS) is 11.4. The third kappa shape index (κ3) is 4.04. The smallest absolute Gasteiger partial charge is 0.340 e. The van der Waals surface area contributed by atoms with Crippen LogP contribution in [0.2, 0.25) is 0 Å². The molecular weight excluding hydrogens is 321 g/mol. The fourth-order valence-corrected chi connectivity index (χ4v) is 2.27. The van der Waals surface area contributed by atoms with Crippen LogP contribution in [0.15, 0.2) is 47.4 Å². The molecule has 0 aliphatic rings. The second kappa shape index (κ2) is 6.90. The number of rotatable bonds is 4. The molecule has 0 aliphatic carbocycles. The monoisotopic (exact) mass is 338 g/mol. The molecule has 24 heavy (non-hydrogen) atoms. The zero-order chi connectivity index (χ0) is 17.9. The van der Waals surface area contributed by atoms with Crippen LogP contribution in [-0.2, 0) is 24.1 Å². The molecule has 1 heterocycles. The molecule has 4 nitrogen and oxygen atoms in total. The van der Waals surface area contributed by atoms with Crippen LogP contribution in [0.25, 0.3) is 0 Å². The lowest BCUT2D eigenvalue weighted by Gasteiger charge is -2.19. The Kier molecular flexibility index (Phi) is 5.11. The molecule has 0 fully saturated rings. The summed E-state index contributed by atoms with van der Waals surface area (Å²) >= 11 is 0. The van der Waals surface area contributed by atoms with Crippen LogP contribution in [0, 0.1) is 6.92 Å². The van der Waals surface area contributed by atoms with Crippen molar-refractivity contribution in [2.24, 2.45) is 0 Å². The van der Waals surface area contributed by atoms with Crippen molar-refractivity contribution in [2.75, 3.05) is 7.05 Å². The van der Waals surface area contributed by atoms with Gasteiger partial charge in [0, 0.05) is 19.8 Å². The number of amides is 1. The summed E-state index contributed by atoms with van der Waals surface area (Å²) in [7, 11) is 1.55. The van der Waals surface area contributed by atoms with Crippen LogP contribution in [-0.4, -0.2) is 22.4 Å². The molecule has 2 aromatic rings. The number of carbonyl (C=O) groups excluding carboxylic acids is 1. The average molecular weight is 338 g/mol. The minimum absolute atomic E-state index is 0.319. The van der Waals surface area contributed by atoms with Gasteiger partial charge in [-0.25, -0.2) is 0 Å². The molecule has 0 N–H and O–H groups in total. The predicted octanol–water partition coefficient (Wildman–Crippen LogP) is 2.83. The van der Waals surface area contributed by atoms with E-state index in [1.54, 1.807) is 7.05 Å². The van der Waals surface area contributed by atoms with Gasteiger partial charge in [-0.2, -0.15) is 13.2 Å². The van der Waals surface area contributed by atoms with Gasteiger partial charge in [-0.1, -0.05) is 24.3 Å². The van der Waals surface area contributed by atoms with E-state index in [4.69, 9.17) is 0 Å². The summed E-state index contributed by atoms with van der Waals surface area (Å²) < 4.78 is 39.0. The van der Waals surface area contributed by atoms with E-state index in [0.29, 0.717) is 12.6 Å². The van der Waals surface area contributed by atoms with Crippen LogP contribution in [0.4, 0.5) is 13.2 Å². The summed E-state index contributed by atoms with van der Waals surface area (Å²) in [5.74, 6) is -0.445. The fourth-order valence-electron chi connectivity index (χ4n) is 2.27. The number of pyridine rings is 1. The number of hydrogen-bond acceptors (Lipinski definition) is 2. The highest BCUT2D eigenvalue weighted by molar-refractivity contribution is 5.75. The lowest BCUT2D eigenvalue weighted by molar-refractivity contribution is -0.139. The maximum atomic E-state index is 12.7. The van der Waals surface area contributed by atoms with Crippen LogP contribution >= 0.6 is 0 Å². The third-order valence-electron chi connectivity index (χ3n) is 3.73. The van der Waals surface area contributed by atoms with Crippen molar-refractivity contribution in [1.82, 2.24) is 9.47 Å². The van der Waals surface area contributed by atoms with Crippen LogP contribution in [0.5, 0.6) is 0 Å². The Bertz CT molecular complexity index is 797. The van der Waals surface area contributed by atoms with E-state index in [1.165, 1.54) is 11.1 Å². The summed E-state index contributed by atoms with van der Waals surface area (Å²) in [6.07, 6.45) is -3.56. The number of halogens is 3. The van der Waals surface area contributed by atoms with E-state index in [-0.39, 0.29) is 0 Å². The Morgan fingerprint density at radius 2 is 1.83 bits per heavy atom. The Morgan fingerprint density at radius 3 is 2.46 bits per heavy atom. The van der Waals surface area contributed by atoms with Gasteiger partial charge in [-0.15, -0.1) is 0 Å². The number of aryl methyl sites for hydroxylation is 1. The third-order valence-corrected chi connectivity index (χ3v) is 3.73. The van der Waals surface area contributed by atoms with E-state index < -0.39 is 29.8 Å². The number of alkyl halides is 3. The SMILES string of the molecule is Cc1ccccc1CN(C)C(=O)Cn1cccc(C(F)(F)F)c1=O. The maximum Gasteiger partial charge on any atom is 0.421 e. The number of carbonyl (C=O) groups is 1. The maximum absolute atomic E-state index is 12.7. The summed E-state index contributed by atoms with van der Waals surface area (Å²) in [6.45, 7) is 1.79. The molecule has 7 heteroatoms. The molecule has 1 aromatic carbocycles. The minimum atomic E-state index is -4.74. The van der Waals surface area contributed by atoms with Gasteiger partial charge in [0.2, 0.25) is 5.91 Å². The number of nitrogens with zero attached hydrogens (tertiary/aromatic N) is 2. The lowest BCUT2D eigenvalue weighted by Crippen LogP contribution is -2.35. The first-order valence-corrected chi connectivity index (χ1v) is 7.25. The summed E-state index contributed by atoms with van der Waals surface area (Å²) in [6, 6.07) is 9.32. The molecule has 0 atom stereocenters. The summed E-state index contributed by atoms with van der Waals surface area (Å²) in [5.41, 5.74) is -0.555. The molecule has 0 bridgehead atoms. The zero-order valence-corrected chi connectivity index (χ0v) is 13.3. The van der Waals surface area contributed by atoms with Gasteiger partial charge in [0.25, 0.3) is 5.56 Å². The first-order chi connectivity index (χ1) is 11.2. The molecule has 0 saturated carbocycles. The number of benzene rings is 1. The van der Waals surface area contributed by atoms with Crippen molar-refractivity contribution >= 4 is 5.91 Å². The van der Waals surface area contributed by atoms with E-state index in [2.05, 4.69) is 0 Å².